The first-order valence-corrected chi connectivity index (χ1v) is 5.00. The van der Waals surface area contributed by atoms with Gasteiger partial charge in [-0.3, -0.25) is 0 Å². The average Bonchev–Trinajstić information content (AvgIpc) is 2.08. The van der Waals surface area contributed by atoms with Crippen LogP contribution < -0.4 is 4.74 Å². The highest BCUT2D eigenvalue weighted by atomic mass is 19.1. The normalized spacial score (nSPS) is 12.7. The number of halogens is 2. The van der Waals surface area contributed by atoms with Crippen LogP contribution in [-0.4, -0.2) is 16.3 Å². The summed E-state index contributed by atoms with van der Waals surface area (Å²) in [6.45, 7) is 6.40. The Morgan fingerprint density at radius 2 is 1.69 bits per heavy atom. The van der Waals surface area contributed by atoms with Gasteiger partial charge in [0.05, 0.1) is 5.60 Å². The van der Waals surface area contributed by atoms with Crippen LogP contribution in [0.2, 0.25) is 0 Å². The molecular formula is C12H16F2O2. The van der Waals surface area contributed by atoms with E-state index in [9.17, 15) is 13.9 Å². The van der Waals surface area contributed by atoms with Gasteiger partial charge in [-0.1, -0.05) is 0 Å². The standard InChI is InChI=1S/C12H16F2O2/c1-11(2,15)12(3,4)16-10-6-5-8(13)7-9(10)14/h5-7,15H,1-4H3. The molecule has 0 aromatic heterocycles. The zero-order valence-electron chi connectivity index (χ0n) is 9.84. The number of hydrogen-bond donors (Lipinski definition) is 1. The lowest BCUT2D eigenvalue weighted by atomic mass is 9.89. The van der Waals surface area contributed by atoms with Crippen molar-refractivity contribution in [1.82, 2.24) is 0 Å². The Morgan fingerprint density at radius 3 is 2.12 bits per heavy atom. The minimum Gasteiger partial charge on any atom is -0.482 e. The third-order valence-corrected chi connectivity index (χ3v) is 2.73. The first-order valence-electron chi connectivity index (χ1n) is 5.00. The first-order chi connectivity index (χ1) is 7.13. The predicted octanol–water partition coefficient (Wildman–Crippen LogP) is 2.89. The van der Waals surface area contributed by atoms with E-state index in [-0.39, 0.29) is 5.75 Å². The van der Waals surface area contributed by atoms with Crippen LogP contribution in [0.1, 0.15) is 27.7 Å². The summed E-state index contributed by atoms with van der Waals surface area (Å²) in [6.07, 6.45) is 0. The third kappa shape index (κ3) is 2.70. The summed E-state index contributed by atoms with van der Waals surface area (Å²) < 4.78 is 31.4. The maximum atomic E-state index is 13.3. The average molecular weight is 230 g/mol. The lowest BCUT2D eigenvalue weighted by Crippen LogP contribution is -2.49. The second-order valence-corrected chi connectivity index (χ2v) is 4.75. The van der Waals surface area contributed by atoms with Gasteiger partial charge < -0.3 is 9.84 Å². The van der Waals surface area contributed by atoms with Crippen LogP contribution in [0, 0.1) is 11.6 Å². The van der Waals surface area contributed by atoms with Gasteiger partial charge in [-0.15, -0.1) is 0 Å². The highest BCUT2D eigenvalue weighted by Gasteiger charge is 2.37. The van der Waals surface area contributed by atoms with Gasteiger partial charge in [-0.2, -0.15) is 0 Å². The molecule has 0 bridgehead atoms. The molecule has 0 saturated heterocycles. The second-order valence-electron chi connectivity index (χ2n) is 4.75. The molecular weight excluding hydrogens is 214 g/mol. The molecule has 0 radical (unpaired) electrons. The zero-order valence-corrected chi connectivity index (χ0v) is 9.84. The first kappa shape index (κ1) is 12.9. The molecule has 0 fully saturated rings. The zero-order chi connectivity index (χ0) is 12.6. The number of benzene rings is 1. The molecule has 0 amide bonds. The number of aliphatic hydroxyl groups is 1. The molecule has 2 nitrogen and oxygen atoms in total. The minimum atomic E-state index is -1.15. The van der Waals surface area contributed by atoms with Gasteiger partial charge in [0.1, 0.15) is 11.4 Å². The molecule has 0 aliphatic rings. The Morgan fingerprint density at radius 1 is 1.12 bits per heavy atom. The fourth-order valence-electron chi connectivity index (χ4n) is 0.958. The molecule has 4 heteroatoms. The van der Waals surface area contributed by atoms with Gasteiger partial charge in [-0.25, -0.2) is 8.78 Å². The molecule has 0 saturated carbocycles. The van der Waals surface area contributed by atoms with E-state index in [0.717, 1.165) is 12.1 Å². The van der Waals surface area contributed by atoms with Crippen molar-refractivity contribution in [2.24, 2.45) is 0 Å². The molecule has 1 aromatic carbocycles. The number of ether oxygens (including phenoxy) is 1. The van der Waals surface area contributed by atoms with Crippen LogP contribution in [-0.2, 0) is 0 Å². The predicted molar refractivity (Wildman–Crippen MR) is 57.4 cm³/mol. The molecule has 16 heavy (non-hydrogen) atoms. The number of hydrogen-bond acceptors (Lipinski definition) is 2. The Labute approximate surface area is 93.9 Å². The van der Waals surface area contributed by atoms with Crippen LogP contribution in [0.3, 0.4) is 0 Å². The summed E-state index contributed by atoms with van der Waals surface area (Å²) >= 11 is 0. The van der Waals surface area contributed by atoms with E-state index < -0.39 is 22.8 Å². The summed E-state index contributed by atoms with van der Waals surface area (Å²) in [6, 6.07) is 3.06. The van der Waals surface area contributed by atoms with E-state index >= 15 is 0 Å². The largest absolute Gasteiger partial charge is 0.482 e. The van der Waals surface area contributed by atoms with Crippen molar-refractivity contribution in [3.05, 3.63) is 29.8 Å². The van der Waals surface area contributed by atoms with Gasteiger partial charge >= 0.3 is 0 Å². The Balaban J connectivity index is 2.97. The highest BCUT2D eigenvalue weighted by Crippen LogP contribution is 2.29. The van der Waals surface area contributed by atoms with Crippen molar-refractivity contribution in [2.75, 3.05) is 0 Å². The van der Waals surface area contributed by atoms with E-state index in [1.807, 2.05) is 0 Å². The van der Waals surface area contributed by atoms with E-state index in [4.69, 9.17) is 4.74 Å². The molecule has 0 aliphatic heterocycles. The summed E-state index contributed by atoms with van der Waals surface area (Å²) in [7, 11) is 0. The van der Waals surface area contributed by atoms with Gasteiger partial charge in [0, 0.05) is 6.07 Å². The van der Waals surface area contributed by atoms with Crippen molar-refractivity contribution in [3.8, 4) is 5.75 Å². The van der Waals surface area contributed by atoms with Gasteiger partial charge in [0.15, 0.2) is 11.6 Å². The maximum Gasteiger partial charge on any atom is 0.168 e. The molecule has 0 atom stereocenters. The molecule has 0 spiro atoms. The van der Waals surface area contributed by atoms with E-state index in [1.165, 1.54) is 6.07 Å². The Hall–Kier alpha value is -1.16. The molecule has 0 unspecified atom stereocenters. The van der Waals surface area contributed by atoms with Crippen LogP contribution >= 0.6 is 0 Å². The molecule has 0 aliphatic carbocycles. The van der Waals surface area contributed by atoms with E-state index in [2.05, 4.69) is 0 Å². The van der Waals surface area contributed by atoms with E-state index in [1.54, 1.807) is 27.7 Å². The van der Waals surface area contributed by atoms with Crippen molar-refractivity contribution in [3.63, 3.8) is 0 Å². The second kappa shape index (κ2) is 4.01. The van der Waals surface area contributed by atoms with Crippen LogP contribution in [0.5, 0.6) is 5.75 Å². The van der Waals surface area contributed by atoms with Gasteiger partial charge in [0.2, 0.25) is 0 Å². The fourth-order valence-corrected chi connectivity index (χ4v) is 0.958. The van der Waals surface area contributed by atoms with Crippen molar-refractivity contribution >= 4 is 0 Å². The van der Waals surface area contributed by atoms with Crippen LogP contribution in [0.25, 0.3) is 0 Å². The van der Waals surface area contributed by atoms with Crippen LogP contribution in [0.15, 0.2) is 18.2 Å². The summed E-state index contributed by atoms with van der Waals surface area (Å²) in [5, 5.41) is 9.83. The van der Waals surface area contributed by atoms with Crippen molar-refractivity contribution in [1.29, 1.82) is 0 Å². The van der Waals surface area contributed by atoms with Crippen LogP contribution in [0.4, 0.5) is 8.78 Å². The summed E-state index contributed by atoms with van der Waals surface area (Å²) in [5.74, 6) is -1.52. The SMILES string of the molecule is CC(C)(O)C(C)(C)Oc1ccc(F)cc1F. The highest BCUT2D eigenvalue weighted by molar-refractivity contribution is 5.25. The monoisotopic (exact) mass is 230 g/mol. The molecule has 1 rings (SSSR count). The summed E-state index contributed by atoms with van der Waals surface area (Å²) in [5.41, 5.74) is -2.13. The fraction of sp³-hybridized carbons (Fsp3) is 0.500. The van der Waals surface area contributed by atoms with Gasteiger partial charge in [0.25, 0.3) is 0 Å². The van der Waals surface area contributed by atoms with Crippen molar-refractivity contribution in [2.45, 2.75) is 38.9 Å². The lowest BCUT2D eigenvalue weighted by Gasteiger charge is -2.37. The topological polar surface area (TPSA) is 29.5 Å². The van der Waals surface area contributed by atoms with E-state index in [0.29, 0.717) is 0 Å². The van der Waals surface area contributed by atoms with Gasteiger partial charge in [-0.05, 0) is 39.8 Å². The Kier molecular flexibility index (Phi) is 3.24. The molecule has 0 heterocycles. The Bertz CT molecular complexity index is 381. The van der Waals surface area contributed by atoms with Crippen molar-refractivity contribution < 1.29 is 18.6 Å². The maximum absolute atomic E-state index is 13.3. The summed E-state index contributed by atoms with van der Waals surface area (Å²) in [4.78, 5) is 0. The molecule has 1 aromatic rings. The smallest absolute Gasteiger partial charge is 0.168 e. The minimum absolute atomic E-state index is 0.0754. The third-order valence-electron chi connectivity index (χ3n) is 2.73. The molecule has 1 N–H and O–H groups in total. The quantitative estimate of drug-likeness (QED) is 0.865. The lowest BCUT2D eigenvalue weighted by molar-refractivity contribution is -0.0920. The molecule has 90 valence electrons. The number of rotatable bonds is 3.